The second-order valence-corrected chi connectivity index (χ2v) is 8.19. The molecule has 0 bridgehead atoms. The zero-order chi connectivity index (χ0) is 15.3. The van der Waals surface area contributed by atoms with Gasteiger partial charge in [0, 0.05) is 12.3 Å². The van der Waals surface area contributed by atoms with Crippen LogP contribution in [0.15, 0.2) is 24.3 Å². The van der Waals surface area contributed by atoms with Crippen LogP contribution in [-0.4, -0.2) is 26.5 Å². The monoisotopic (exact) mass is 297 g/mol. The molecule has 20 heavy (non-hydrogen) atoms. The molecule has 2 atom stereocenters. The number of rotatable bonds is 7. The molecule has 0 radical (unpaired) electrons. The van der Waals surface area contributed by atoms with Gasteiger partial charge in [-0.25, -0.2) is 8.42 Å². The fraction of sp³-hybridized carbons (Fsp3) is 0.625. The molecular weight excluding hydrogens is 270 g/mol. The first kappa shape index (κ1) is 17.2. The number of nitrogens with one attached hydrogen (secondary N) is 1. The van der Waals surface area contributed by atoms with E-state index in [9.17, 15) is 8.42 Å². The predicted molar refractivity (Wildman–Crippen MR) is 85.9 cm³/mol. The maximum absolute atomic E-state index is 11.8. The van der Waals surface area contributed by atoms with Crippen LogP contribution in [-0.2, 0) is 9.84 Å². The van der Waals surface area contributed by atoms with E-state index < -0.39 is 15.1 Å². The highest BCUT2D eigenvalue weighted by Gasteiger charge is 2.26. The van der Waals surface area contributed by atoms with Crippen LogP contribution in [0.3, 0.4) is 0 Å². The highest BCUT2D eigenvalue weighted by molar-refractivity contribution is 7.91. The number of hydrogen-bond acceptors (Lipinski definition) is 3. The maximum Gasteiger partial charge on any atom is 0.151 e. The summed E-state index contributed by atoms with van der Waals surface area (Å²) in [5.41, 5.74) is 2.32. The van der Waals surface area contributed by atoms with Gasteiger partial charge in [0.25, 0.3) is 0 Å². The molecule has 0 spiro atoms. The minimum Gasteiger partial charge on any atom is -0.309 e. The van der Waals surface area contributed by atoms with Crippen LogP contribution < -0.4 is 5.32 Å². The summed E-state index contributed by atoms with van der Waals surface area (Å²) in [6, 6.07) is 8.13. The van der Waals surface area contributed by atoms with E-state index in [4.69, 9.17) is 0 Å². The van der Waals surface area contributed by atoms with Gasteiger partial charge >= 0.3 is 0 Å². The highest BCUT2D eigenvalue weighted by Crippen LogP contribution is 2.24. The Labute approximate surface area is 123 Å². The van der Waals surface area contributed by atoms with Crippen molar-refractivity contribution in [3.8, 4) is 0 Å². The topological polar surface area (TPSA) is 46.2 Å². The molecule has 0 amide bonds. The quantitative estimate of drug-likeness (QED) is 0.840. The van der Waals surface area contributed by atoms with Gasteiger partial charge in [0.2, 0.25) is 0 Å². The second kappa shape index (κ2) is 7.23. The van der Waals surface area contributed by atoms with E-state index in [0.29, 0.717) is 5.92 Å². The molecular formula is C16H27NO2S. The Hall–Kier alpha value is -0.870. The average Bonchev–Trinajstić information content (AvgIpc) is 2.38. The molecule has 0 aromatic heterocycles. The molecule has 4 heteroatoms. The summed E-state index contributed by atoms with van der Waals surface area (Å²) in [5.74, 6) is 0.485. The highest BCUT2D eigenvalue weighted by atomic mass is 32.2. The van der Waals surface area contributed by atoms with Gasteiger partial charge in [0.1, 0.15) is 0 Å². The summed E-state index contributed by atoms with van der Waals surface area (Å²) in [6.07, 6.45) is 2.29. The van der Waals surface area contributed by atoms with Crippen molar-refractivity contribution in [3.05, 3.63) is 35.4 Å². The van der Waals surface area contributed by atoms with Gasteiger partial charge in [-0.05, 0) is 36.9 Å². The van der Waals surface area contributed by atoms with E-state index in [1.165, 1.54) is 11.8 Å². The Kier molecular flexibility index (Phi) is 6.21. The molecule has 0 aliphatic rings. The maximum atomic E-state index is 11.8. The molecule has 0 heterocycles. The lowest BCUT2D eigenvalue weighted by Gasteiger charge is -2.25. The van der Waals surface area contributed by atoms with E-state index in [2.05, 4.69) is 38.2 Å². The van der Waals surface area contributed by atoms with Crippen molar-refractivity contribution < 1.29 is 8.42 Å². The van der Waals surface area contributed by atoms with E-state index in [1.54, 1.807) is 6.92 Å². The first-order chi connectivity index (χ1) is 9.27. The van der Waals surface area contributed by atoms with Gasteiger partial charge in [-0.3, -0.25) is 0 Å². The molecule has 114 valence electrons. The number of benzene rings is 1. The summed E-state index contributed by atoms with van der Waals surface area (Å²) in [4.78, 5) is 0. The van der Waals surface area contributed by atoms with Gasteiger partial charge < -0.3 is 5.32 Å². The zero-order valence-electron chi connectivity index (χ0n) is 13.2. The summed E-state index contributed by atoms with van der Waals surface area (Å²) in [6.45, 7) is 8.98. The van der Waals surface area contributed by atoms with Crippen molar-refractivity contribution in [1.82, 2.24) is 5.32 Å². The van der Waals surface area contributed by atoms with Crippen molar-refractivity contribution in [2.75, 3.05) is 12.8 Å². The molecule has 1 aromatic rings. The van der Waals surface area contributed by atoms with E-state index in [0.717, 1.165) is 18.5 Å². The second-order valence-electron chi connectivity index (χ2n) is 5.79. The van der Waals surface area contributed by atoms with Crippen molar-refractivity contribution in [2.24, 2.45) is 0 Å². The Morgan fingerprint density at radius 1 is 1.05 bits per heavy atom. The molecule has 0 aliphatic carbocycles. The number of hydrogen-bond donors (Lipinski definition) is 1. The molecule has 1 N–H and O–H groups in total. The van der Waals surface area contributed by atoms with E-state index in [-0.39, 0.29) is 6.04 Å². The van der Waals surface area contributed by atoms with Crippen LogP contribution >= 0.6 is 0 Å². The lowest BCUT2D eigenvalue weighted by molar-refractivity contribution is 0.500. The van der Waals surface area contributed by atoms with Crippen LogP contribution in [0, 0.1) is 0 Å². The van der Waals surface area contributed by atoms with Gasteiger partial charge in [0.05, 0.1) is 5.25 Å². The molecule has 0 saturated heterocycles. The third-order valence-electron chi connectivity index (χ3n) is 3.72. The summed E-state index contributed by atoms with van der Waals surface area (Å²) in [5, 5.41) is 2.93. The van der Waals surface area contributed by atoms with Gasteiger partial charge in [-0.15, -0.1) is 0 Å². The third kappa shape index (κ3) is 4.60. The largest absolute Gasteiger partial charge is 0.309 e. The van der Waals surface area contributed by atoms with Crippen LogP contribution in [0.4, 0.5) is 0 Å². The van der Waals surface area contributed by atoms with E-state index >= 15 is 0 Å². The van der Waals surface area contributed by atoms with Gasteiger partial charge in [-0.1, -0.05) is 45.0 Å². The SMILES string of the molecule is CCCNC(c1ccc(C(C)C)cc1)C(C)S(C)(=O)=O. The van der Waals surface area contributed by atoms with Crippen molar-refractivity contribution in [3.63, 3.8) is 0 Å². The Morgan fingerprint density at radius 2 is 1.55 bits per heavy atom. The molecule has 3 nitrogen and oxygen atoms in total. The van der Waals surface area contributed by atoms with Crippen molar-refractivity contribution >= 4 is 9.84 Å². The van der Waals surface area contributed by atoms with Crippen molar-refractivity contribution in [1.29, 1.82) is 0 Å². The van der Waals surface area contributed by atoms with Crippen LogP contribution in [0.5, 0.6) is 0 Å². The lowest BCUT2D eigenvalue weighted by atomic mass is 9.98. The third-order valence-corrected chi connectivity index (χ3v) is 5.34. The van der Waals surface area contributed by atoms with Gasteiger partial charge in [-0.2, -0.15) is 0 Å². The minimum absolute atomic E-state index is 0.147. The zero-order valence-corrected chi connectivity index (χ0v) is 14.0. The van der Waals surface area contributed by atoms with Crippen molar-refractivity contribution in [2.45, 2.75) is 51.3 Å². The summed E-state index contributed by atoms with van der Waals surface area (Å²) < 4.78 is 23.7. The first-order valence-corrected chi connectivity index (χ1v) is 9.25. The lowest BCUT2D eigenvalue weighted by Crippen LogP contribution is -2.35. The van der Waals surface area contributed by atoms with Crippen LogP contribution in [0.1, 0.15) is 57.2 Å². The molecule has 1 rings (SSSR count). The molecule has 0 saturated carbocycles. The fourth-order valence-corrected chi connectivity index (χ4v) is 2.94. The Morgan fingerprint density at radius 3 is 1.95 bits per heavy atom. The molecule has 1 aromatic carbocycles. The Bertz CT molecular complexity index is 506. The van der Waals surface area contributed by atoms with E-state index in [1.807, 2.05) is 12.1 Å². The minimum atomic E-state index is -3.07. The summed E-state index contributed by atoms with van der Waals surface area (Å²) >= 11 is 0. The number of sulfone groups is 1. The first-order valence-electron chi connectivity index (χ1n) is 7.29. The standard InChI is InChI=1S/C16H27NO2S/c1-6-11-17-16(13(4)20(5,18)19)15-9-7-14(8-10-15)12(2)3/h7-10,12-13,16-17H,6,11H2,1-5H3. The Balaban J connectivity index is 3.04. The molecule has 0 fully saturated rings. The average molecular weight is 297 g/mol. The normalized spacial score (nSPS) is 15.3. The fourth-order valence-electron chi connectivity index (χ4n) is 2.19. The van der Waals surface area contributed by atoms with Gasteiger partial charge in [0.15, 0.2) is 9.84 Å². The predicted octanol–water partition coefficient (Wildman–Crippen LogP) is 3.28. The smallest absolute Gasteiger partial charge is 0.151 e. The van der Waals surface area contributed by atoms with Crippen LogP contribution in [0.25, 0.3) is 0 Å². The molecule has 2 unspecified atom stereocenters. The molecule has 0 aliphatic heterocycles. The summed E-state index contributed by atoms with van der Waals surface area (Å²) in [7, 11) is -3.07. The van der Waals surface area contributed by atoms with Crippen LogP contribution in [0.2, 0.25) is 0 Å².